The number of hydrogen-bond donors (Lipinski definition) is 1. The standard InChI is InChI=1S/C16H25Br2NO2/c1-2-3-4-5-6-7-8-9-10-11-12-19-15(17)13(20)14(21)16(19)18/h2-12H2,1H3/p+1. The van der Waals surface area contributed by atoms with E-state index in [2.05, 4.69) is 38.8 Å². The summed E-state index contributed by atoms with van der Waals surface area (Å²) in [6, 6.07) is 0. The molecule has 0 aromatic carbocycles. The molecule has 1 aliphatic heterocycles. The van der Waals surface area contributed by atoms with Crippen LogP contribution in [-0.2, 0) is 4.79 Å². The van der Waals surface area contributed by atoms with E-state index in [1.165, 1.54) is 57.8 Å². The zero-order valence-corrected chi connectivity index (χ0v) is 16.0. The Bertz CT molecular complexity index is 417. The zero-order valence-electron chi connectivity index (χ0n) is 12.8. The van der Waals surface area contributed by atoms with Gasteiger partial charge in [0.2, 0.25) is 0 Å². The lowest BCUT2D eigenvalue weighted by Gasteiger charge is -2.02. The molecule has 0 bridgehead atoms. The predicted molar refractivity (Wildman–Crippen MR) is 94.5 cm³/mol. The van der Waals surface area contributed by atoms with Crippen LogP contribution in [0, 0.1) is 0 Å². The number of allylic oxidation sites excluding steroid dienone is 1. The van der Waals surface area contributed by atoms with E-state index in [9.17, 15) is 9.90 Å². The molecule has 5 heteroatoms. The van der Waals surface area contributed by atoms with Gasteiger partial charge >= 0.3 is 10.4 Å². The first-order valence-corrected chi connectivity index (χ1v) is 9.61. The fourth-order valence-electron chi connectivity index (χ4n) is 2.48. The van der Waals surface area contributed by atoms with Crippen LogP contribution >= 0.6 is 31.9 Å². The predicted octanol–water partition coefficient (Wildman–Crippen LogP) is 5.42. The van der Waals surface area contributed by atoms with Crippen molar-refractivity contribution in [1.82, 2.24) is 0 Å². The van der Waals surface area contributed by atoms with E-state index in [0.717, 1.165) is 13.0 Å². The molecule has 1 rings (SSSR count). The Morgan fingerprint density at radius 1 is 0.905 bits per heavy atom. The summed E-state index contributed by atoms with van der Waals surface area (Å²) in [7, 11) is 0. The molecule has 0 saturated heterocycles. The molecule has 0 aromatic rings. The van der Waals surface area contributed by atoms with E-state index in [4.69, 9.17) is 0 Å². The highest BCUT2D eigenvalue weighted by Crippen LogP contribution is 2.23. The zero-order chi connectivity index (χ0) is 15.7. The number of aliphatic hydroxyl groups excluding tert-OH is 1. The van der Waals surface area contributed by atoms with Crippen molar-refractivity contribution < 1.29 is 14.5 Å². The monoisotopic (exact) mass is 422 g/mol. The molecule has 21 heavy (non-hydrogen) atoms. The molecule has 0 saturated carbocycles. The minimum Gasteiger partial charge on any atom is -0.499 e. The normalized spacial score (nSPS) is 15.5. The topological polar surface area (TPSA) is 40.3 Å². The third-order valence-corrected chi connectivity index (χ3v) is 5.40. The number of ketones is 1. The molecule has 0 radical (unpaired) electrons. The molecule has 1 N–H and O–H groups in total. The van der Waals surface area contributed by atoms with E-state index in [1.54, 1.807) is 4.58 Å². The van der Waals surface area contributed by atoms with Crippen molar-refractivity contribution in [2.24, 2.45) is 0 Å². The molecule has 0 unspecified atom stereocenters. The van der Waals surface area contributed by atoms with Crippen LogP contribution in [0.2, 0.25) is 0 Å². The van der Waals surface area contributed by atoms with Gasteiger partial charge in [-0.05, 0) is 6.42 Å². The average molecular weight is 424 g/mol. The molecule has 120 valence electrons. The maximum Gasteiger partial charge on any atom is 0.306 e. The highest BCUT2D eigenvalue weighted by molar-refractivity contribution is 9.19. The average Bonchev–Trinajstić information content (AvgIpc) is 2.66. The fourth-order valence-corrected chi connectivity index (χ4v) is 3.80. The number of carbonyl (C=O) groups excluding carboxylic acids is 1. The summed E-state index contributed by atoms with van der Waals surface area (Å²) in [5.41, 5.74) is 0. The van der Waals surface area contributed by atoms with Crippen LogP contribution in [0.25, 0.3) is 0 Å². The van der Waals surface area contributed by atoms with Gasteiger partial charge in [-0.2, -0.15) is 4.58 Å². The SMILES string of the molecule is CCCCCCCCCCCC[N+]1=C(Br)C(=O)C(O)=C1Br. The van der Waals surface area contributed by atoms with Crippen LogP contribution in [0.3, 0.4) is 0 Å². The van der Waals surface area contributed by atoms with E-state index < -0.39 is 0 Å². The Balaban J connectivity index is 2.06. The second kappa shape index (κ2) is 10.5. The Hall–Kier alpha value is -0.160. The van der Waals surface area contributed by atoms with Gasteiger partial charge < -0.3 is 5.11 Å². The van der Waals surface area contributed by atoms with Crippen LogP contribution in [0.5, 0.6) is 0 Å². The number of aliphatic hydroxyl groups is 1. The molecule has 1 aliphatic rings. The molecule has 0 aliphatic carbocycles. The molecular weight excluding hydrogens is 398 g/mol. The van der Waals surface area contributed by atoms with E-state index in [0.29, 0.717) is 9.23 Å². The fraction of sp³-hybridized carbons (Fsp3) is 0.750. The van der Waals surface area contributed by atoms with Gasteiger partial charge in [0, 0.05) is 38.3 Å². The summed E-state index contributed by atoms with van der Waals surface area (Å²) in [6.45, 7) is 3.00. The minimum absolute atomic E-state index is 0.200. The second-order valence-corrected chi connectivity index (χ2v) is 7.10. The largest absolute Gasteiger partial charge is 0.499 e. The first-order chi connectivity index (χ1) is 10.1. The van der Waals surface area contributed by atoms with Gasteiger partial charge in [-0.1, -0.05) is 58.3 Å². The molecule has 1 heterocycles. The lowest BCUT2D eigenvalue weighted by atomic mass is 10.1. The summed E-state index contributed by atoms with van der Waals surface area (Å²) in [6.07, 6.45) is 12.9. The number of nitrogens with zero attached hydrogens (tertiary/aromatic N) is 1. The van der Waals surface area contributed by atoms with Crippen LogP contribution in [0.4, 0.5) is 0 Å². The molecule has 0 aromatic heterocycles. The van der Waals surface area contributed by atoms with Gasteiger partial charge in [0.1, 0.15) is 0 Å². The van der Waals surface area contributed by atoms with Gasteiger partial charge in [-0.3, -0.25) is 4.79 Å². The van der Waals surface area contributed by atoms with Crippen molar-refractivity contribution in [2.45, 2.75) is 71.1 Å². The summed E-state index contributed by atoms with van der Waals surface area (Å²) < 4.78 is 2.71. The smallest absolute Gasteiger partial charge is 0.306 e. The maximum absolute atomic E-state index is 11.5. The van der Waals surface area contributed by atoms with Crippen LogP contribution < -0.4 is 0 Å². The highest BCUT2D eigenvalue weighted by Gasteiger charge is 2.37. The quantitative estimate of drug-likeness (QED) is 0.274. The summed E-state index contributed by atoms with van der Waals surface area (Å²) in [5.74, 6) is -0.539. The molecule has 0 fully saturated rings. The third kappa shape index (κ3) is 6.23. The number of unbranched alkanes of at least 4 members (excludes halogenated alkanes) is 9. The Morgan fingerprint density at radius 2 is 1.38 bits per heavy atom. The molecule has 0 atom stereocenters. The number of carbonyl (C=O) groups is 1. The van der Waals surface area contributed by atoms with E-state index in [1.807, 2.05) is 0 Å². The van der Waals surface area contributed by atoms with Gasteiger partial charge in [-0.25, -0.2) is 0 Å². The number of Topliss-reactive ketones (excluding diaryl/α,β-unsaturated/α-hetero) is 1. The highest BCUT2D eigenvalue weighted by atomic mass is 79.9. The molecular formula is C16H26Br2NO2+. The first-order valence-electron chi connectivity index (χ1n) is 8.03. The van der Waals surface area contributed by atoms with Gasteiger partial charge in [0.15, 0.2) is 6.54 Å². The van der Waals surface area contributed by atoms with Crippen molar-refractivity contribution in [3.63, 3.8) is 0 Å². The van der Waals surface area contributed by atoms with E-state index in [-0.39, 0.29) is 11.5 Å². The Labute approximate surface area is 144 Å². The third-order valence-electron chi connectivity index (χ3n) is 3.81. The summed E-state index contributed by atoms with van der Waals surface area (Å²) in [5, 5.41) is 9.56. The Morgan fingerprint density at radius 3 is 1.81 bits per heavy atom. The van der Waals surface area contributed by atoms with E-state index >= 15 is 0 Å². The van der Waals surface area contributed by atoms with Gasteiger partial charge in [0.05, 0.1) is 0 Å². The molecule has 0 spiro atoms. The molecule has 3 nitrogen and oxygen atoms in total. The first kappa shape index (κ1) is 18.9. The van der Waals surface area contributed by atoms with Crippen molar-refractivity contribution in [1.29, 1.82) is 0 Å². The Kier molecular flexibility index (Phi) is 9.49. The van der Waals surface area contributed by atoms with Crippen molar-refractivity contribution in [3.05, 3.63) is 10.4 Å². The van der Waals surface area contributed by atoms with Crippen LogP contribution in [-0.4, -0.2) is 26.6 Å². The van der Waals surface area contributed by atoms with Crippen LogP contribution in [0.1, 0.15) is 71.1 Å². The summed E-state index contributed by atoms with van der Waals surface area (Å²) in [4.78, 5) is 11.5. The van der Waals surface area contributed by atoms with Crippen molar-refractivity contribution in [2.75, 3.05) is 6.54 Å². The number of hydrogen-bond acceptors (Lipinski definition) is 2. The summed E-state index contributed by atoms with van der Waals surface area (Å²) >= 11 is 6.50. The maximum atomic E-state index is 11.5. The van der Waals surface area contributed by atoms with Gasteiger partial charge in [-0.15, -0.1) is 0 Å². The van der Waals surface area contributed by atoms with Crippen LogP contribution in [0.15, 0.2) is 10.4 Å². The lowest BCUT2D eigenvalue weighted by molar-refractivity contribution is -0.458. The number of halogens is 2. The lowest BCUT2D eigenvalue weighted by Crippen LogP contribution is -2.15. The van der Waals surface area contributed by atoms with Gasteiger partial charge in [0.25, 0.3) is 10.4 Å². The number of rotatable bonds is 11. The van der Waals surface area contributed by atoms with Crippen molar-refractivity contribution >= 4 is 42.3 Å². The second-order valence-electron chi connectivity index (χ2n) is 5.59. The minimum atomic E-state index is -0.339. The van der Waals surface area contributed by atoms with Crippen molar-refractivity contribution in [3.8, 4) is 0 Å². The molecule has 0 amide bonds.